The number of hydrogen-bond donors (Lipinski definition) is 3. The molecule has 0 saturated carbocycles. The van der Waals surface area contributed by atoms with E-state index in [2.05, 4.69) is 10.3 Å². The Bertz CT molecular complexity index is 476. The number of nitrogens with zero attached hydrogens (tertiary/aromatic N) is 1. The van der Waals surface area contributed by atoms with Gasteiger partial charge in [-0.25, -0.2) is 4.79 Å². The fourth-order valence-electron chi connectivity index (χ4n) is 1.61. The van der Waals surface area contributed by atoms with Crippen molar-refractivity contribution in [3.63, 3.8) is 0 Å². The Hall–Kier alpha value is -2.44. The van der Waals surface area contributed by atoms with Gasteiger partial charge in [0.15, 0.2) is 0 Å². The molecule has 4 N–H and O–H groups in total. The number of amides is 2. The summed E-state index contributed by atoms with van der Waals surface area (Å²) in [6.45, 7) is 0. The predicted octanol–water partition coefficient (Wildman–Crippen LogP) is -0.151. The van der Waals surface area contributed by atoms with Gasteiger partial charge in [0.2, 0.25) is 11.8 Å². The molecule has 1 atom stereocenters. The van der Waals surface area contributed by atoms with Gasteiger partial charge in [0, 0.05) is 25.2 Å². The molecule has 108 valence electrons. The lowest BCUT2D eigenvalue weighted by molar-refractivity contribution is -0.142. The van der Waals surface area contributed by atoms with Crippen molar-refractivity contribution < 1.29 is 19.5 Å². The van der Waals surface area contributed by atoms with Gasteiger partial charge in [-0.2, -0.15) is 0 Å². The standard InChI is InChI=1S/C13H17N3O4/c14-11(17)5-4-10(13(19)20)16-12(18)6-3-9-2-1-7-15-8-9/h1-2,7-8,10H,3-6H2,(H2,14,17)(H,16,18)(H,19,20)/t10-/m1/s1. The third-order valence-corrected chi connectivity index (χ3v) is 2.68. The number of primary amides is 1. The summed E-state index contributed by atoms with van der Waals surface area (Å²) in [7, 11) is 0. The second kappa shape index (κ2) is 7.88. The minimum Gasteiger partial charge on any atom is -0.480 e. The van der Waals surface area contributed by atoms with Gasteiger partial charge in [-0.1, -0.05) is 6.07 Å². The highest BCUT2D eigenvalue weighted by atomic mass is 16.4. The minimum atomic E-state index is -1.18. The van der Waals surface area contributed by atoms with Crippen LogP contribution in [0.5, 0.6) is 0 Å². The summed E-state index contributed by atoms with van der Waals surface area (Å²) in [5.74, 6) is -2.16. The first kappa shape index (κ1) is 15.6. The quantitative estimate of drug-likeness (QED) is 0.610. The first-order valence-corrected chi connectivity index (χ1v) is 6.18. The molecule has 0 spiro atoms. The van der Waals surface area contributed by atoms with E-state index >= 15 is 0 Å². The van der Waals surface area contributed by atoms with Gasteiger partial charge in [0.05, 0.1) is 0 Å². The van der Waals surface area contributed by atoms with Gasteiger partial charge in [-0.3, -0.25) is 14.6 Å². The molecule has 0 saturated heterocycles. The number of carboxylic acid groups (broad SMARTS) is 1. The molecule has 0 bridgehead atoms. The van der Waals surface area contributed by atoms with Crippen molar-refractivity contribution >= 4 is 17.8 Å². The number of hydrogen-bond acceptors (Lipinski definition) is 4. The van der Waals surface area contributed by atoms with E-state index in [1.54, 1.807) is 18.5 Å². The van der Waals surface area contributed by atoms with Crippen LogP contribution < -0.4 is 11.1 Å². The Kier molecular flexibility index (Phi) is 6.15. The molecule has 0 unspecified atom stereocenters. The lowest BCUT2D eigenvalue weighted by Gasteiger charge is -2.13. The highest BCUT2D eigenvalue weighted by Gasteiger charge is 2.20. The Morgan fingerprint density at radius 2 is 2.10 bits per heavy atom. The summed E-state index contributed by atoms with van der Waals surface area (Å²) < 4.78 is 0. The van der Waals surface area contributed by atoms with Crippen LogP contribution in [0.2, 0.25) is 0 Å². The van der Waals surface area contributed by atoms with Gasteiger partial charge in [-0.05, 0) is 24.5 Å². The van der Waals surface area contributed by atoms with Crippen molar-refractivity contribution in [3.8, 4) is 0 Å². The van der Waals surface area contributed by atoms with Crippen LogP contribution in [0.3, 0.4) is 0 Å². The van der Waals surface area contributed by atoms with Gasteiger partial charge in [0.1, 0.15) is 6.04 Å². The highest BCUT2D eigenvalue weighted by molar-refractivity contribution is 5.84. The summed E-state index contributed by atoms with van der Waals surface area (Å²) in [4.78, 5) is 37.2. The van der Waals surface area contributed by atoms with E-state index in [1.807, 2.05) is 6.07 Å². The lowest BCUT2D eigenvalue weighted by Crippen LogP contribution is -2.41. The third-order valence-electron chi connectivity index (χ3n) is 2.68. The molecule has 0 fully saturated rings. The summed E-state index contributed by atoms with van der Waals surface area (Å²) in [6, 6.07) is 2.51. The van der Waals surface area contributed by atoms with Crippen LogP contribution >= 0.6 is 0 Å². The van der Waals surface area contributed by atoms with Gasteiger partial charge < -0.3 is 16.2 Å². The van der Waals surface area contributed by atoms with E-state index in [1.165, 1.54) is 0 Å². The number of rotatable bonds is 8. The summed E-state index contributed by atoms with van der Waals surface area (Å²) >= 11 is 0. The zero-order valence-corrected chi connectivity index (χ0v) is 10.9. The monoisotopic (exact) mass is 279 g/mol. The molecule has 1 aromatic rings. The fourth-order valence-corrected chi connectivity index (χ4v) is 1.61. The van der Waals surface area contributed by atoms with Gasteiger partial charge >= 0.3 is 5.97 Å². The molecule has 1 aromatic heterocycles. The van der Waals surface area contributed by atoms with Crippen molar-refractivity contribution in [3.05, 3.63) is 30.1 Å². The fraction of sp³-hybridized carbons (Fsp3) is 0.385. The third kappa shape index (κ3) is 5.94. The molecule has 2 amide bonds. The predicted molar refractivity (Wildman–Crippen MR) is 70.6 cm³/mol. The number of carboxylic acids is 1. The number of aryl methyl sites for hydroxylation is 1. The van der Waals surface area contributed by atoms with Crippen LogP contribution in [-0.2, 0) is 20.8 Å². The number of aliphatic carboxylic acids is 1. The van der Waals surface area contributed by atoms with E-state index in [0.717, 1.165) is 5.56 Å². The first-order chi connectivity index (χ1) is 9.49. The average molecular weight is 279 g/mol. The van der Waals surface area contributed by atoms with Crippen molar-refractivity contribution in [2.75, 3.05) is 0 Å². The maximum atomic E-state index is 11.7. The number of carbonyl (C=O) groups is 3. The normalized spacial score (nSPS) is 11.6. The molecule has 20 heavy (non-hydrogen) atoms. The number of aromatic nitrogens is 1. The number of nitrogens with two attached hydrogens (primary N) is 1. The molecule has 0 aliphatic heterocycles. The molecular weight excluding hydrogens is 262 g/mol. The Morgan fingerprint density at radius 3 is 2.65 bits per heavy atom. The topological polar surface area (TPSA) is 122 Å². The molecule has 1 rings (SSSR count). The lowest BCUT2D eigenvalue weighted by atomic mass is 10.1. The van der Waals surface area contributed by atoms with Crippen molar-refractivity contribution in [2.45, 2.75) is 31.7 Å². The molecule has 7 nitrogen and oxygen atoms in total. The smallest absolute Gasteiger partial charge is 0.326 e. The highest BCUT2D eigenvalue weighted by Crippen LogP contribution is 2.02. The molecule has 7 heteroatoms. The Balaban J connectivity index is 2.41. The minimum absolute atomic E-state index is 0.0106. The molecule has 0 radical (unpaired) electrons. The van der Waals surface area contributed by atoms with E-state index in [9.17, 15) is 14.4 Å². The molecular formula is C13H17N3O4. The van der Waals surface area contributed by atoms with Crippen molar-refractivity contribution in [1.29, 1.82) is 0 Å². The largest absolute Gasteiger partial charge is 0.480 e. The second-order valence-electron chi connectivity index (χ2n) is 4.32. The maximum absolute atomic E-state index is 11.7. The Labute approximate surface area is 116 Å². The SMILES string of the molecule is NC(=O)CC[C@@H](NC(=O)CCc1cccnc1)C(=O)O. The maximum Gasteiger partial charge on any atom is 0.326 e. The van der Waals surface area contributed by atoms with E-state index < -0.39 is 17.9 Å². The Morgan fingerprint density at radius 1 is 1.35 bits per heavy atom. The summed E-state index contributed by atoms with van der Waals surface area (Å²) in [5.41, 5.74) is 5.85. The number of nitrogens with one attached hydrogen (secondary N) is 1. The second-order valence-corrected chi connectivity index (χ2v) is 4.32. The number of carbonyl (C=O) groups excluding carboxylic acids is 2. The first-order valence-electron chi connectivity index (χ1n) is 6.18. The van der Waals surface area contributed by atoms with E-state index in [0.29, 0.717) is 6.42 Å². The van der Waals surface area contributed by atoms with Crippen LogP contribution in [0, 0.1) is 0 Å². The zero-order valence-electron chi connectivity index (χ0n) is 10.9. The van der Waals surface area contributed by atoms with Crippen LogP contribution in [0.1, 0.15) is 24.8 Å². The van der Waals surface area contributed by atoms with Crippen LogP contribution in [-0.4, -0.2) is 33.9 Å². The zero-order chi connectivity index (χ0) is 15.0. The summed E-state index contributed by atoms with van der Waals surface area (Å²) in [6.07, 6.45) is 3.82. The van der Waals surface area contributed by atoms with Crippen LogP contribution in [0.15, 0.2) is 24.5 Å². The molecule has 0 aromatic carbocycles. The van der Waals surface area contributed by atoms with Crippen molar-refractivity contribution in [1.82, 2.24) is 10.3 Å². The molecule has 0 aliphatic carbocycles. The van der Waals surface area contributed by atoms with Gasteiger partial charge in [0.25, 0.3) is 0 Å². The summed E-state index contributed by atoms with van der Waals surface area (Å²) in [5, 5.41) is 11.3. The van der Waals surface area contributed by atoms with Crippen molar-refractivity contribution in [2.24, 2.45) is 5.73 Å². The van der Waals surface area contributed by atoms with Gasteiger partial charge in [-0.15, -0.1) is 0 Å². The molecule has 0 aliphatic rings. The van der Waals surface area contributed by atoms with E-state index in [-0.39, 0.29) is 25.2 Å². The number of pyridine rings is 1. The van der Waals surface area contributed by atoms with Crippen LogP contribution in [0.25, 0.3) is 0 Å². The average Bonchev–Trinajstić information content (AvgIpc) is 2.41. The van der Waals surface area contributed by atoms with E-state index in [4.69, 9.17) is 10.8 Å². The van der Waals surface area contributed by atoms with Crippen LogP contribution in [0.4, 0.5) is 0 Å². The molecule has 1 heterocycles.